The van der Waals surface area contributed by atoms with E-state index in [-0.39, 0.29) is 30.5 Å². The number of aromatic amines is 1. The maximum absolute atomic E-state index is 12.2. The summed E-state index contributed by atoms with van der Waals surface area (Å²) in [6.45, 7) is 5.48. The van der Waals surface area contributed by atoms with Crippen LogP contribution in [0.2, 0.25) is 0 Å². The predicted octanol–water partition coefficient (Wildman–Crippen LogP) is 2.29. The molecule has 0 amide bonds. The summed E-state index contributed by atoms with van der Waals surface area (Å²) in [5, 5.41) is 0. The first-order valence-corrected chi connectivity index (χ1v) is 8.11. The molecule has 0 bridgehead atoms. The number of Topliss-reactive ketones (excluding diaryl/α,β-unsaturated/α-hetero) is 1. The van der Waals surface area contributed by atoms with Gasteiger partial charge in [0.05, 0.1) is 37.1 Å². The second kappa shape index (κ2) is 8.63. The van der Waals surface area contributed by atoms with E-state index in [1.54, 1.807) is 20.8 Å². The Bertz CT molecular complexity index is 565. The zero-order chi connectivity index (χ0) is 16.7. The van der Waals surface area contributed by atoms with Crippen molar-refractivity contribution in [2.75, 3.05) is 25.2 Å². The molecule has 22 heavy (non-hydrogen) atoms. The van der Waals surface area contributed by atoms with E-state index >= 15 is 0 Å². The van der Waals surface area contributed by atoms with Gasteiger partial charge in [-0.1, -0.05) is 0 Å². The number of thioether (sulfide) groups is 1. The molecule has 0 atom stereocenters. The van der Waals surface area contributed by atoms with Gasteiger partial charge in [-0.25, -0.2) is 4.79 Å². The summed E-state index contributed by atoms with van der Waals surface area (Å²) in [5.74, 6) is -0.0734. The molecule has 122 valence electrons. The molecule has 1 N–H and O–H groups in total. The summed E-state index contributed by atoms with van der Waals surface area (Å²) in [6.07, 6.45) is 0.269. The van der Waals surface area contributed by atoms with Gasteiger partial charge in [0, 0.05) is 11.4 Å². The van der Waals surface area contributed by atoms with E-state index in [1.807, 2.05) is 0 Å². The van der Waals surface area contributed by atoms with E-state index in [0.29, 0.717) is 28.3 Å². The second-order valence-electron chi connectivity index (χ2n) is 4.65. The van der Waals surface area contributed by atoms with Gasteiger partial charge in [0.1, 0.15) is 0 Å². The van der Waals surface area contributed by atoms with Crippen LogP contribution in [-0.4, -0.2) is 47.9 Å². The van der Waals surface area contributed by atoms with Crippen LogP contribution in [0.5, 0.6) is 0 Å². The number of carbonyl (C=O) groups excluding carboxylic acids is 3. The summed E-state index contributed by atoms with van der Waals surface area (Å²) in [6, 6.07) is 0. The second-order valence-corrected chi connectivity index (χ2v) is 5.75. The lowest BCUT2D eigenvalue weighted by atomic mass is 10.1. The molecule has 0 radical (unpaired) electrons. The van der Waals surface area contributed by atoms with Crippen LogP contribution in [0.4, 0.5) is 0 Å². The zero-order valence-electron chi connectivity index (χ0n) is 13.3. The Morgan fingerprint density at radius 2 is 1.91 bits per heavy atom. The number of methoxy groups -OCH3 is 1. The maximum atomic E-state index is 12.2. The molecule has 1 aromatic rings. The molecule has 6 nitrogen and oxygen atoms in total. The normalized spacial score (nSPS) is 10.4. The largest absolute Gasteiger partial charge is 0.469 e. The van der Waals surface area contributed by atoms with Crippen LogP contribution in [0.25, 0.3) is 0 Å². The first kappa shape index (κ1) is 18.3. The van der Waals surface area contributed by atoms with E-state index in [9.17, 15) is 14.4 Å². The molecule has 1 rings (SSSR count). The lowest BCUT2D eigenvalue weighted by Gasteiger charge is -2.03. The number of aryl methyl sites for hydroxylation is 1. The average molecular weight is 327 g/mol. The molecule has 0 aliphatic carbocycles. The topological polar surface area (TPSA) is 85.5 Å². The lowest BCUT2D eigenvalue weighted by Crippen LogP contribution is -2.09. The van der Waals surface area contributed by atoms with Gasteiger partial charge in [-0.05, 0) is 26.3 Å². The Morgan fingerprint density at radius 3 is 2.50 bits per heavy atom. The van der Waals surface area contributed by atoms with Crippen molar-refractivity contribution in [3.8, 4) is 0 Å². The highest BCUT2D eigenvalue weighted by atomic mass is 32.2. The van der Waals surface area contributed by atoms with Crippen LogP contribution < -0.4 is 0 Å². The summed E-state index contributed by atoms with van der Waals surface area (Å²) in [4.78, 5) is 38.0. The van der Waals surface area contributed by atoms with Crippen LogP contribution in [0, 0.1) is 13.8 Å². The third kappa shape index (κ3) is 4.62. The third-order valence-electron chi connectivity index (χ3n) is 3.11. The highest BCUT2D eigenvalue weighted by Crippen LogP contribution is 2.20. The van der Waals surface area contributed by atoms with Gasteiger partial charge in [-0.2, -0.15) is 11.8 Å². The molecule has 1 heterocycles. The summed E-state index contributed by atoms with van der Waals surface area (Å²) < 4.78 is 9.53. The van der Waals surface area contributed by atoms with Crippen molar-refractivity contribution in [3.05, 3.63) is 22.5 Å². The fourth-order valence-corrected chi connectivity index (χ4v) is 2.82. The van der Waals surface area contributed by atoms with Crippen molar-refractivity contribution in [3.63, 3.8) is 0 Å². The fraction of sp³-hybridized carbons (Fsp3) is 0.533. The minimum Gasteiger partial charge on any atom is -0.469 e. The smallest absolute Gasteiger partial charge is 0.340 e. The Kier molecular flexibility index (Phi) is 7.17. The average Bonchev–Trinajstić information content (AvgIpc) is 2.78. The first-order valence-electron chi connectivity index (χ1n) is 6.96. The number of rotatable bonds is 8. The van der Waals surface area contributed by atoms with E-state index < -0.39 is 5.97 Å². The van der Waals surface area contributed by atoms with Crippen molar-refractivity contribution in [1.82, 2.24) is 4.98 Å². The Hall–Kier alpha value is -1.76. The Balaban J connectivity index is 2.69. The number of ether oxygens (including phenoxy) is 2. The number of hydrogen-bond donors (Lipinski definition) is 1. The molecule has 0 saturated heterocycles. The molecule has 0 aliphatic heterocycles. The van der Waals surface area contributed by atoms with Crippen molar-refractivity contribution in [1.29, 1.82) is 0 Å². The molecule has 0 aromatic carbocycles. The first-order chi connectivity index (χ1) is 10.4. The molecule has 0 fully saturated rings. The molecule has 1 aromatic heterocycles. The van der Waals surface area contributed by atoms with Gasteiger partial charge >= 0.3 is 11.9 Å². The Labute approximate surface area is 133 Å². The van der Waals surface area contributed by atoms with Crippen LogP contribution >= 0.6 is 11.8 Å². The number of nitrogens with one attached hydrogen (secondary N) is 1. The molecule has 0 spiro atoms. The highest BCUT2D eigenvalue weighted by molar-refractivity contribution is 8.00. The van der Waals surface area contributed by atoms with Crippen LogP contribution in [0.1, 0.15) is 45.4 Å². The third-order valence-corrected chi connectivity index (χ3v) is 4.07. The fourth-order valence-electron chi connectivity index (χ4n) is 2.03. The van der Waals surface area contributed by atoms with Gasteiger partial charge in [-0.15, -0.1) is 0 Å². The van der Waals surface area contributed by atoms with Crippen molar-refractivity contribution in [2.45, 2.75) is 27.2 Å². The summed E-state index contributed by atoms with van der Waals surface area (Å²) >= 11 is 1.36. The van der Waals surface area contributed by atoms with Gasteiger partial charge < -0.3 is 14.5 Å². The van der Waals surface area contributed by atoms with Crippen molar-refractivity contribution >= 4 is 29.5 Å². The van der Waals surface area contributed by atoms with Gasteiger partial charge in [0.15, 0.2) is 5.78 Å². The predicted molar refractivity (Wildman–Crippen MR) is 84.5 cm³/mol. The SMILES string of the molecule is CCOC(=O)c1c(C)[nH]c(C(=O)CSCCC(=O)OC)c1C. The standard InChI is InChI=1S/C15H21NO5S/c1-5-21-15(19)13-9(2)14(16-10(13)3)11(17)8-22-7-6-12(18)20-4/h16H,5-8H2,1-4H3. The van der Waals surface area contributed by atoms with Gasteiger partial charge in [-0.3, -0.25) is 9.59 Å². The summed E-state index contributed by atoms with van der Waals surface area (Å²) in [5.41, 5.74) is 2.07. The molecule has 7 heteroatoms. The number of hydrogen-bond acceptors (Lipinski definition) is 6. The number of aromatic nitrogens is 1. The highest BCUT2D eigenvalue weighted by Gasteiger charge is 2.22. The van der Waals surface area contributed by atoms with E-state index in [1.165, 1.54) is 18.9 Å². The maximum Gasteiger partial charge on any atom is 0.340 e. The monoisotopic (exact) mass is 327 g/mol. The van der Waals surface area contributed by atoms with Crippen molar-refractivity contribution in [2.24, 2.45) is 0 Å². The van der Waals surface area contributed by atoms with Crippen LogP contribution in [-0.2, 0) is 14.3 Å². The number of carbonyl (C=O) groups is 3. The quantitative estimate of drug-likeness (QED) is 0.448. The number of H-pyrrole nitrogens is 1. The Morgan fingerprint density at radius 1 is 1.23 bits per heavy atom. The summed E-state index contributed by atoms with van der Waals surface area (Å²) in [7, 11) is 1.33. The van der Waals surface area contributed by atoms with E-state index in [0.717, 1.165) is 0 Å². The zero-order valence-corrected chi connectivity index (χ0v) is 14.1. The molecular formula is C15H21NO5S. The number of ketones is 1. The lowest BCUT2D eigenvalue weighted by molar-refractivity contribution is -0.140. The van der Waals surface area contributed by atoms with Gasteiger partial charge in [0.25, 0.3) is 0 Å². The molecule has 0 aliphatic rings. The minimum atomic E-state index is -0.425. The van der Waals surface area contributed by atoms with E-state index in [4.69, 9.17) is 4.74 Å². The van der Waals surface area contributed by atoms with Crippen molar-refractivity contribution < 1.29 is 23.9 Å². The van der Waals surface area contributed by atoms with Gasteiger partial charge in [0.2, 0.25) is 0 Å². The molecular weight excluding hydrogens is 306 g/mol. The van der Waals surface area contributed by atoms with E-state index in [2.05, 4.69) is 9.72 Å². The molecule has 0 unspecified atom stereocenters. The minimum absolute atomic E-state index is 0.106. The molecule has 0 saturated carbocycles. The van der Waals surface area contributed by atoms with Crippen LogP contribution in [0.3, 0.4) is 0 Å². The number of esters is 2. The van der Waals surface area contributed by atoms with Crippen LogP contribution in [0.15, 0.2) is 0 Å².